The lowest BCUT2D eigenvalue weighted by atomic mass is 10.1. The van der Waals surface area contributed by atoms with Crippen molar-refractivity contribution < 1.29 is 14.2 Å². The first-order valence-corrected chi connectivity index (χ1v) is 9.62. The Kier molecular flexibility index (Phi) is 4.76. The Morgan fingerprint density at radius 1 is 1.00 bits per heavy atom. The number of anilines is 1. The minimum absolute atomic E-state index is 0.101. The molecule has 146 valence electrons. The molecule has 2 fully saturated rings. The van der Waals surface area contributed by atoms with Gasteiger partial charge in [-0.2, -0.15) is 5.10 Å². The number of aromatic amines is 1. The topological polar surface area (TPSA) is 98.3 Å². The van der Waals surface area contributed by atoms with Gasteiger partial charge in [-0.25, -0.2) is 15.0 Å². The van der Waals surface area contributed by atoms with Crippen LogP contribution < -0.4 is 9.64 Å². The van der Waals surface area contributed by atoms with Crippen molar-refractivity contribution in [3.63, 3.8) is 0 Å². The molecule has 9 heteroatoms. The molecular weight excluding hydrogens is 360 g/mol. The molecule has 0 unspecified atom stereocenters. The molecule has 3 aromatic heterocycles. The summed E-state index contributed by atoms with van der Waals surface area (Å²) >= 11 is 0. The standard InChI is InChI=1S/C19H22N6O3/c1-5-20-18(28-13-3-9-26-10-4-13)16-14(1)23-24-17(16)15-2-6-21-19(22-15)25-7-11-27-12-8-25/h1-2,5-6,13H,3-4,7-12H2,(H,23,24). The highest BCUT2D eigenvalue weighted by Crippen LogP contribution is 2.33. The molecule has 0 spiro atoms. The maximum atomic E-state index is 6.21. The summed E-state index contributed by atoms with van der Waals surface area (Å²) < 4.78 is 17.1. The molecule has 28 heavy (non-hydrogen) atoms. The Balaban J connectivity index is 1.50. The van der Waals surface area contributed by atoms with Gasteiger partial charge in [0.1, 0.15) is 11.8 Å². The molecule has 2 aliphatic heterocycles. The minimum Gasteiger partial charge on any atom is -0.474 e. The van der Waals surface area contributed by atoms with E-state index in [-0.39, 0.29) is 6.10 Å². The lowest BCUT2D eigenvalue weighted by Gasteiger charge is -2.26. The van der Waals surface area contributed by atoms with Crippen LogP contribution in [0.5, 0.6) is 5.88 Å². The molecule has 0 bridgehead atoms. The third kappa shape index (κ3) is 3.38. The van der Waals surface area contributed by atoms with Crippen molar-refractivity contribution in [3.8, 4) is 17.3 Å². The summed E-state index contributed by atoms with van der Waals surface area (Å²) in [6.45, 7) is 4.37. The van der Waals surface area contributed by atoms with Crippen LogP contribution in [-0.2, 0) is 9.47 Å². The normalized spacial score (nSPS) is 18.5. The van der Waals surface area contributed by atoms with Crippen molar-refractivity contribution >= 4 is 16.9 Å². The Hall–Kier alpha value is -2.78. The molecule has 2 saturated heterocycles. The average molecular weight is 382 g/mol. The van der Waals surface area contributed by atoms with Gasteiger partial charge < -0.3 is 19.1 Å². The van der Waals surface area contributed by atoms with E-state index in [2.05, 4.69) is 25.1 Å². The number of H-pyrrole nitrogens is 1. The number of morpholine rings is 1. The van der Waals surface area contributed by atoms with E-state index in [0.29, 0.717) is 38.3 Å². The zero-order chi connectivity index (χ0) is 18.8. The van der Waals surface area contributed by atoms with Gasteiger partial charge in [-0.05, 0) is 12.1 Å². The fourth-order valence-corrected chi connectivity index (χ4v) is 3.56. The summed E-state index contributed by atoms with van der Waals surface area (Å²) in [5.41, 5.74) is 2.34. The fraction of sp³-hybridized carbons (Fsp3) is 0.474. The summed E-state index contributed by atoms with van der Waals surface area (Å²) in [5, 5.41) is 8.42. The molecule has 0 saturated carbocycles. The van der Waals surface area contributed by atoms with Crippen molar-refractivity contribution in [1.29, 1.82) is 0 Å². The first-order chi connectivity index (χ1) is 13.9. The number of pyridine rings is 1. The number of ether oxygens (including phenoxy) is 3. The molecule has 0 aromatic carbocycles. The van der Waals surface area contributed by atoms with Gasteiger partial charge in [0.2, 0.25) is 11.8 Å². The van der Waals surface area contributed by atoms with E-state index in [1.165, 1.54) is 0 Å². The van der Waals surface area contributed by atoms with Gasteiger partial charge in [0.05, 0.1) is 43.0 Å². The van der Waals surface area contributed by atoms with E-state index in [1.807, 2.05) is 12.1 Å². The zero-order valence-electron chi connectivity index (χ0n) is 15.5. The van der Waals surface area contributed by atoms with Crippen LogP contribution in [-0.4, -0.2) is 70.8 Å². The van der Waals surface area contributed by atoms with Crippen molar-refractivity contribution in [2.45, 2.75) is 18.9 Å². The van der Waals surface area contributed by atoms with Gasteiger partial charge in [0.15, 0.2) is 0 Å². The molecule has 5 heterocycles. The van der Waals surface area contributed by atoms with Crippen LogP contribution in [0.15, 0.2) is 24.5 Å². The van der Waals surface area contributed by atoms with Gasteiger partial charge >= 0.3 is 0 Å². The number of aromatic nitrogens is 5. The smallest absolute Gasteiger partial charge is 0.226 e. The second-order valence-corrected chi connectivity index (χ2v) is 6.88. The maximum absolute atomic E-state index is 6.21. The first kappa shape index (κ1) is 17.3. The summed E-state index contributed by atoms with van der Waals surface area (Å²) in [7, 11) is 0. The SMILES string of the molecule is c1cc(-c2n[nH]c3ccnc(OC4CCOCC4)c23)nc(N2CCOCC2)n1. The Bertz CT molecular complexity index is 950. The van der Waals surface area contributed by atoms with Gasteiger partial charge in [0, 0.05) is 38.3 Å². The van der Waals surface area contributed by atoms with E-state index in [0.717, 1.165) is 48.2 Å². The van der Waals surface area contributed by atoms with E-state index in [1.54, 1.807) is 12.4 Å². The number of nitrogens with zero attached hydrogens (tertiary/aromatic N) is 5. The van der Waals surface area contributed by atoms with Crippen LogP contribution in [0.3, 0.4) is 0 Å². The number of fused-ring (bicyclic) bond motifs is 1. The summed E-state index contributed by atoms with van der Waals surface area (Å²) in [6, 6.07) is 3.76. The maximum Gasteiger partial charge on any atom is 0.226 e. The van der Waals surface area contributed by atoms with Crippen LogP contribution in [0, 0.1) is 0 Å². The van der Waals surface area contributed by atoms with Gasteiger partial charge in [-0.15, -0.1) is 0 Å². The quantitative estimate of drug-likeness (QED) is 0.730. The van der Waals surface area contributed by atoms with Crippen molar-refractivity contribution in [3.05, 3.63) is 24.5 Å². The van der Waals surface area contributed by atoms with Gasteiger partial charge in [-0.1, -0.05) is 0 Å². The van der Waals surface area contributed by atoms with Gasteiger partial charge in [-0.3, -0.25) is 5.10 Å². The predicted molar refractivity (Wildman–Crippen MR) is 102 cm³/mol. The molecule has 1 N–H and O–H groups in total. The summed E-state index contributed by atoms with van der Waals surface area (Å²) in [5.74, 6) is 1.27. The van der Waals surface area contributed by atoms with Crippen LogP contribution >= 0.6 is 0 Å². The van der Waals surface area contributed by atoms with Crippen LogP contribution in [0.2, 0.25) is 0 Å². The Labute approximate surface area is 162 Å². The second-order valence-electron chi connectivity index (χ2n) is 6.88. The zero-order valence-corrected chi connectivity index (χ0v) is 15.5. The second kappa shape index (κ2) is 7.69. The molecular formula is C19H22N6O3. The molecule has 0 aliphatic carbocycles. The molecule has 5 rings (SSSR count). The molecule has 0 atom stereocenters. The van der Waals surface area contributed by atoms with Crippen molar-refractivity contribution in [2.24, 2.45) is 0 Å². The number of nitrogens with one attached hydrogen (secondary N) is 1. The van der Waals surface area contributed by atoms with Crippen LogP contribution in [0.25, 0.3) is 22.3 Å². The molecule has 0 amide bonds. The van der Waals surface area contributed by atoms with Crippen molar-refractivity contribution in [1.82, 2.24) is 25.1 Å². The number of hydrogen-bond donors (Lipinski definition) is 1. The minimum atomic E-state index is 0.101. The monoisotopic (exact) mass is 382 g/mol. The Morgan fingerprint density at radius 3 is 2.64 bits per heavy atom. The van der Waals surface area contributed by atoms with E-state index in [4.69, 9.17) is 19.2 Å². The highest BCUT2D eigenvalue weighted by molar-refractivity contribution is 5.95. The number of hydrogen-bond acceptors (Lipinski definition) is 8. The molecule has 3 aromatic rings. The highest BCUT2D eigenvalue weighted by atomic mass is 16.5. The Morgan fingerprint density at radius 2 is 1.79 bits per heavy atom. The van der Waals surface area contributed by atoms with E-state index >= 15 is 0 Å². The lowest BCUT2D eigenvalue weighted by molar-refractivity contribution is 0.0244. The molecule has 9 nitrogen and oxygen atoms in total. The predicted octanol–water partition coefficient (Wildman–Crippen LogP) is 1.81. The third-order valence-corrected chi connectivity index (χ3v) is 5.07. The fourth-order valence-electron chi connectivity index (χ4n) is 3.56. The molecule has 0 radical (unpaired) electrons. The van der Waals surface area contributed by atoms with E-state index in [9.17, 15) is 0 Å². The van der Waals surface area contributed by atoms with Crippen molar-refractivity contribution in [2.75, 3.05) is 44.4 Å². The largest absolute Gasteiger partial charge is 0.474 e. The highest BCUT2D eigenvalue weighted by Gasteiger charge is 2.22. The van der Waals surface area contributed by atoms with Gasteiger partial charge in [0.25, 0.3) is 0 Å². The third-order valence-electron chi connectivity index (χ3n) is 5.07. The van der Waals surface area contributed by atoms with Crippen LogP contribution in [0.1, 0.15) is 12.8 Å². The average Bonchev–Trinajstić information content (AvgIpc) is 3.21. The van der Waals surface area contributed by atoms with E-state index < -0.39 is 0 Å². The number of rotatable bonds is 4. The summed E-state index contributed by atoms with van der Waals surface area (Å²) in [6.07, 6.45) is 5.32. The van der Waals surface area contributed by atoms with Crippen LogP contribution in [0.4, 0.5) is 5.95 Å². The molecule has 2 aliphatic rings. The summed E-state index contributed by atoms with van der Waals surface area (Å²) in [4.78, 5) is 15.8. The lowest BCUT2D eigenvalue weighted by Crippen LogP contribution is -2.37. The first-order valence-electron chi connectivity index (χ1n) is 9.62.